The van der Waals surface area contributed by atoms with E-state index in [1.165, 1.54) is 0 Å². The topological polar surface area (TPSA) is 52.3 Å². The van der Waals surface area contributed by atoms with Crippen LogP contribution in [0, 0.1) is 0 Å². The van der Waals surface area contributed by atoms with E-state index in [1.54, 1.807) is 0 Å². The fourth-order valence-electron chi connectivity index (χ4n) is 1.07. The zero-order valence-corrected chi connectivity index (χ0v) is 9.09. The maximum absolute atomic E-state index is 11.2. The van der Waals surface area contributed by atoms with Crippen molar-refractivity contribution in [3.05, 3.63) is 0 Å². The number of nitrogens with two attached hydrogens (primary N) is 1. The smallest absolute Gasteiger partial charge is 0.307 e. The number of carbonyl (C=O) groups excluding carboxylic acids is 1. The van der Waals surface area contributed by atoms with Crippen molar-refractivity contribution in [2.45, 2.75) is 58.6 Å². The van der Waals surface area contributed by atoms with Gasteiger partial charge in [-0.2, -0.15) is 0 Å². The Hall–Kier alpha value is -0.570. The summed E-state index contributed by atoms with van der Waals surface area (Å²) in [4.78, 5) is 11.2. The summed E-state index contributed by atoms with van der Waals surface area (Å²) in [5.74, 6) is -0.201. The second kappa shape index (κ2) is 5.22. The fourth-order valence-corrected chi connectivity index (χ4v) is 1.07. The van der Waals surface area contributed by atoms with Crippen molar-refractivity contribution in [3.63, 3.8) is 0 Å². The first-order chi connectivity index (χ1) is 5.85. The van der Waals surface area contributed by atoms with Gasteiger partial charge in [0.2, 0.25) is 0 Å². The number of esters is 1. The van der Waals surface area contributed by atoms with Crippen LogP contribution in [0.25, 0.3) is 0 Å². The first-order valence-electron chi connectivity index (χ1n) is 4.82. The van der Waals surface area contributed by atoms with Crippen molar-refractivity contribution in [3.8, 4) is 0 Å². The minimum atomic E-state index is -0.400. The average Bonchev–Trinajstić information content (AvgIpc) is 1.81. The van der Waals surface area contributed by atoms with Crippen LogP contribution in [0.3, 0.4) is 0 Å². The molecule has 78 valence electrons. The SMILES string of the molecule is CCCC(N)CC(=O)OC(C)(C)C. The van der Waals surface area contributed by atoms with Gasteiger partial charge < -0.3 is 10.5 Å². The lowest BCUT2D eigenvalue weighted by Crippen LogP contribution is -2.29. The summed E-state index contributed by atoms with van der Waals surface area (Å²) >= 11 is 0. The third kappa shape index (κ3) is 7.78. The molecule has 1 unspecified atom stereocenters. The highest BCUT2D eigenvalue weighted by molar-refractivity contribution is 5.70. The fraction of sp³-hybridized carbons (Fsp3) is 0.900. The monoisotopic (exact) mass is 187 g/mol. The molecule has 0 heterocycles. The molecule has 0 amide bonds. The van der Waals surface area contributed by atoms with Gasteiger partial charge in [0, 0.05) is 6.04 Å². The Bertz CT molecular complexity index is 161. The van der Waals surface area contributed by atoms with E-state index in [1.807, 2.05) is 20.8 Å². The maximum atomic E-state index is 11.2. The molecule has 13 heavy (non-hydrogen) atoms. The van der Waals surface area contributed by atoms with E-state index < -0.39 is 5.60 Å². The van der Waals surface area contributed by atoms with Crippen LogP contribution in [0.1, 0.15) is 47.0 Å². The van der Waals surface area contributed by atoms with E-state index in [0.29, 0.717) is 6.42 Å². The van der Waals surface area contributed by atoms with E-state index in [-0.39, 0.29) is 12.0 Å². The highest BCUT2D eigenvalue weighted by Gasteiger charge is 2.17. The Morgan fingerprint density at radius 1 is 1.46 bits per heavy atom. The molecule has 0 aromatic rings. The van der Waals surface area contributed by atoms with Crippen molar-refractivity contribution in [1.29, 1.82) is 0 Å². The summed E-state index contributed by atoms with van der Waals surface area (Å²) in [7, 11) is 0. The summed E-state index contributed by atoms with van der Waals surface area (Å²) in [5, 5.41) is 0. The van der Waals surface area contributed by atoms with Crippen LogP contribution in [0.5, 0.6) is 0 Å². The summed E-state index contributed by atoms with van der Waals surface area (Å²) < 4.78 is 5.14. The minimum Gasteiger partial charge on any atom is -0.460 e. The van der Waals surface area contributed by atoms with Gasteiger partial charge in [0.25, 0.3) is 0 Å². The first kappa shape index (κ1) is 12.4. The third-order valence-corrected chi connectivity index (χ3v) is 1.51. The number of hydrogen-bond acceptors (Lipinski definition) is 3. The summed E-state index contributed by atoms with van der Waals surface area (Å²) in [6.45, 7) is 7.62. The molecule has 0 aromatic heterocycles. The highest BCUT2D eigenvalue weighted by atomic mass is 16.6. The van der Waals surface area contributed by atoms with Crippen LogP contribution in [0.4, 0.5) is 0 Å². The molecule has 2 N–H and O–H groups in total. The van der Waals surface area contributed by atoms with E-state index in [9.17, 15) is 4.79 Å². The van der Waals surface area contributed by atoms with Crippen molar-refractivity contribution >= 4 is 5.97 Å². The van der Waals surface area contributed by atoms with Gasteiger partial charge in [-0.25, -0.2) is 0 Å². The molecule has 0 radical (unpaired) electrons. The lowest BCUT2D eigenvalue weighted by molar-refractivity contribution is -0.155. The molecule has 3 nitrogen and oxygen atoms in total. The lowest BCUT2D eigenvalue weighted by Gasteiger charge is -2.20. The summed E-state index contributed by atoms with van der Waals surface area (Å²) in [6, 6.07) is -0.0557. The Balaban J connectivity index is 3.74. The van der Waals surface area contributed by atoms with Gasteiger partial charge in [-0.3, -0.25) is 4.79 Å². The lowest BCUT2D eigenvalue weighted by atomic mass is 10.1. The van der Waals surface area contributed by atoms with Gasteiger partial charge in [-0.15, -0.1) is 0 Å². The van der Waals surface area contributed by atoms with E-state index in [2.05, 4.69) is 6.92 Å². The quantitative estimate of drug-likeness (QED) is 0.683. The molecule has 0 aliphatic rings. The summed E-state index contributed by atoms with van der Waals surface area (Å²) in [5.41, 5.74) is 5.30. The van der Waals surface area contributed by atoms with Gasteiger partial charge in [-0.05, 0) is 27.2 Å². The molecule has 0 rings (SSSR count). The number of ether oxygens (including phenoxy) is 1. The molecule has 0 aliphatic heterocycles. The van der Waals surface area contributed by atoms with Gasteiger partial charge in [-0.1, -0.05) is 13.3 Å². The van der Waals surface area contributed by atoms with Crippen molar-refractivity contribution < 1.29 is 9.53 Å². The Morgan fingerprint density at radius 2 is 2.00 bits per heavy atom. The predicted octanol–water partition coefficient (Wildman–Crippen LogP) is 1.85. The molecule has 0 saturated carbocycles. The number of hydrogen-bond donors (Lipinski definition) is 1. The van der Waals surface area contributed by atoms with E-state index in [0.717, 1.165) is 12.8 Å². The summed E-state index contributed by atoms with van der Waals surface area (Å²) in [6.07, 6.45) is 2.20. The molecule has 3 heteroatoms. The van der Waals surface area contributed by atoms with Crippen LogP contribution in [-0.4, -0.2) is 17.6 Å². The normalized spacial score (nSPS) is 13.9. The molecule has 1 atom stereocenters. The molecule has 0 aliphatic carbocycles. The van der Waals surface area contributed by atoms with Crippen LogP contribution in [0.2, 0.25) is 0 Å². The molecule has 0 aromatic carbocycles. The zero-order chi connectivity index (χ0) is 10.5. The van der Waals surface area contributed by atoms with Gasteiger partial charge in [0.1, 0.15) is 5.60 Å². The molecular weight excluding hydrogens is 166 g/mol. The van der Waals surface area contributed by atoms with Crippen LogP contribution < -0.4 is 5.73 Å². The molecule has 0 bridgehead atoms. The third-order valence-electron chi connectivity index (χ3n) is 1.51. The Morgan fingerprint density at radius 3 is 2.38 bits per heavy atom. The number of rotatable bonds is 4. The molecule has 0 fully saturated rings. The Labute approximate surface area is 80.6 Å². The predicted molar refractivity (Wildman–Crippen MR) is 53.3 cm³/mol. The van der Waals surface area contributed by atoms with Gasteiger partial charge >= 0.3 is 5.97 Å². The molecule has 0 saturated heterocycles. The largest absolute Gasteiger partial charge is 0.460 e. The maximum Gasteiger partial charge on any atom is 0.307 e. The average molecular weight is 187 g/mol. The van der Waals surface area contributed by atoms with Gasteiger partial charge in [0.15, 0.2) is 0 Å². The molecular formula is C10H21NO2. The van der Waals surface area contributed by atoms with E-state index >= 15 is 0 Å². The minimum absolute atomic E-state index is 0.0557. The highest BCUT2D eigenvalue weighted by Crippen LogP contribution is 2.09. The van der Waals surface area contributed by atoms with Crippen molar-refractivity contribution in [1.82, 2.24) is 0 Å². The second-order valence-electron chi connectivity index (χ2n) is 4.34. The second-order valence-corrected chi connectivity index (χ2v) is 4.34. The van der Waals surface area contributed by atoms with E-state index in [4.69, 9.17) is 10.5 Å². The van der Waals surface area contributed by atoms with Crippen molar-refractivity contribution in [2.24, 2.45) is 5.73 Å². The van der Waals surface area contributed by atoms with Crippen LogP contribution >= 0.6 is 0 Å². The Kier molecular flexibility index (Phi) is 4.99. The first-order valence-corrected chi connectivity index (χ1v) is 4.82. The van der Waals surface area contributed by atoms with Crippen molar-refractivity contribution in [2.75, 3.05) is 0 Å². The van der Waals surface area contributed by atoms with Crippen LogP contribution in [-0.2, 0) is 9.53 Å². The standard InChI is InChI=1S/C10H21NO2/c1-5-6-8(11)7-9(12)13-10(2,3)4/h8H,5-7,11H2,1-4H3. The van der Waals surface area contributed by atoms with Gasteiger partial charge in [0.05, 0.1) is 6.42 Å². The number of carbonyl (C=O) groups is 1. The zero-order valence-electron chi connectivity index (χ0n) is 9.09. The van der Waals surface area contributed by atoms with Crippen LogP contribution in [0.15, 0.2) is 0 Å². The molecule has 0 spiro atoms.